The second-order valence-corrected chi connectivity index (χ2v) is 4.40. The summed E-state index contributed by atoms with van der Waals surface area (Å²) >= 11 is 0. The number of halogens is 1. The number of carbonyl (C=O) groups is 1. The number of rotatable bonds is 4. The van der Waals surface area contributed by atoms with Crippen LogP contribution in [0.3, 0.4) is 0 Å². The van der Waals surface area contributed by atoms with Crippen molar-refractivity contribution in [1.29, 1.82) is 0 Å². The van der Waals surface area contributed by atoms with Crippen LogP contribution in [0.4, 0.5) is 4.39 Å². The number of hydrogen-bond donors (Lipinski definition) is 0. The molecule has 0 heterocycles. The molecule has 0 fully saturated rings. The van der Waals surface area contributed by atoms with Gasteiger partial charge in [0.2, 0.25) is 0 Å². The van der Waals surface area contributed by atoms with Crippen LogP contribution in [0, 0.1) is 12.7 Å². The van der Waals surface area contributed by atoms with E-state index in [0.29, 0.717) is 5.56 Å². The average molecular weight is 258 g/mol. The molecule has 0 radical (unpaired) electrons. The lowest BCUT2D eigenvalue weighted by molar-refractivity contribution is 0.0992. The maximum Gasteiger partial charge on any atom is 0.167 e. The third-order valence-corrected chi connectivity index (χ3v) is 3.07. The molecule has 0 saturated carbocycles. The maximum atomic E-state index is 13.0. The molecule has 0 aliphatic carbocycles. The van der Waals surface area contributed by atoms with Crippen molar-refractivity contribution in [1.82, 2.24) is 0 Å². The molecule has 98 valence electrons. The fourth-order valence-corrected chi connectivity index (χ4v) is 1.91. The molecule has 2 rings (SSSR count). The standard InChI is InChI=1S/C16H15FO2/c1-11-9-14(17)6-3-13(11)10-16(18)12-4-7-15(19-2)8-5-12/h3-9H,10H2,1-2H3. The number of methoxy groups -OCH3 is 1. The van der Waals surface area contributed by atoms with Crippen molar-refractivity contribution in [2.24, 2.45) is 0 Å². The van der Waals surface area contributed by atoms with Crippen LogP contribution in [-0.2, 0) is 6.42 Å². The van der Waals surface area contributed by atoms with E-state index in [1.807, 2.05) is 0 Å². The summed E-state index contributed by atoms with van der Waals surface area (Å²) in [5.41, 5.74) is 2.27. The largest absolute Gasteiger partial charge is 0.497 e. The molecule has 0 aliphatic rings. The third-order valence-electron chi connectivity index (χ3n) is 3.07. The van der Waals surface area contributed by atoms with Gasteiger partial charge in [-0.1, -0.05) is 6.07 Å². The molecule has 0 atom stereocenters. The molecular weight excluding hydrogens is 243 g/mol. The number of aryl methyl sites for hydroxylation is 1. The van der Waals surface area contributed by atoms with Gasteiger partial charge < -0.3 is 4.74 Å². The monoisotopic (exact) mass is 258 g/mol. The van der Waals surface area contributed by atoms with Gasteiger partial charge in [0.05, 0.1) is 7.11 Å². The smallest absolute Gasteiger partial charge is 0.167 e. The first-order valence-electron chi connectivity index (χ1n) is 6.02. The van der Waals surface area contributed by atoms with Crippen molar-refractivity contribution in [2.45, 2.75) is 13.3 Å². The molecule has 19 heavy (non-hydrogen) atoms. The molecule has 2 aromatic rings. The van der Waals surface area contributed by atoms with E-state index < -0.39 is 0 Å². The van der Waals surface area contributed by atoms with E-state index in [1.54, 1.807) is 44.4 Å². The molecule has 0 spiro atoms. The zero-order valence-corrected chi connectivity index (χ0v) is 10.9. The number of benzene rings is 2. The number of carbonyl (C=O) groups excluding carboxylic acids is 1. The normalized spacial score (nSPS) is 10.3. The van der Waals surface area contributed by atoms with E-state index in [4.69, 9.17) is 4.74 Å². The van der Waals surface area contributed by atoms with Crippen molar-refractivity contribution in [3.63, 3.8) is 0 Å². The number of Topliss-reactive ketones (excluding diaryl/α,β-unsaturated/α-hetero) is 1. The predicted molar refractivity (Wildman–Crippen MR) is 72.2 cm³/mol. The lowest BCUT2D eigenvalue weighted by Gasteiger charge is -2.06. The SMILES string of the molecule is COc1ccc(C(=O)Cc2ccc(F)cc2C)cc1. The Morgan fingerprint density at radius 1 is 1.16 bits per heavy atom. The zero-order valence-electron chi connectivity index (χ0n) is 10.9. The summed E-state index contributed by atoms with van der Waals surface area (Å²) < 4.78 is 18.0. The van der Waals surface area contributed by atoms with Crippen molar-refractivity contribution < 1.29 is 13.9 Å². The Hall–Kier alpha value is -2.16. The van der Waals surface area contributed by atoms with Crippen LogP contribution in [0.2, 0.25) is 0 Å². The van der Waals surface area contributed by atoms with Crippen LogP contribution in [0.1, 0.15) is 21.5 Å². The summed E-state index contributed by atoms with van der Waals surface area (Å²) in [6.45, 7) is 1.81. The minimum Gasteiger partial charge on any atom is -0.497 e. The van der Waals surface area contributed by atoms with E-state index in [1.165, 1.54) is 12.1 Å². The highest BCUT2D eigenvalue weighted by molar-refractivity contribution is 5.97. The predicted octanol–water partition coefficient (Wildman–Crippen LogP) is 3.57. The van der Waals surface area contributed by atoms with Crippen molar-refractivity contribution >= 4 is 5.78 Å². The fourth-order valence-electron chi connectivity index (χ4n) is 1.91. The minimum absolute atomic E-state index is 0.0114. The lowest BCUT2D eigenvalue weighted by Crippen LogP contribution is -2.05. The van der Waals surface area contributed by atoms with Gasteiger partial charge in [-0.2, -0.15) is 0 Å². The van der Waals surface area contributed by atoms with Gasteiger partial charge >= 0.3 is 0 Å². The Morgan fingerprint density at radius 3 is 2.42 bits per heavy atom. The van der Waals surface area contributed by atoms with Gasteiger partial charge in [-0.3, -0.25) is 4.79 Å². The highest BCUT2D eigenvalue weighted by Gasteiger charge is 2.09. The fraction of sp³-hybridized carbons (Fsp3) is 0.188. The Labute approximate surface area is 111 Å². The highest BCUT2D eigenvalue weighted by Crippen LogP contribution is 2.16. The Morgan fingerprint density at radius 2 is 1.84 bits per heavy atom. The molecule has 0 aromatic heterocycles. The van der Waals surface area contributed by atoms with Gasteiger partial charge in [-0.25, -0.2) is 4.39 Å². The van der Waals surface area contributed by atoms with E-state index >= 15 is 0 Å². The second kappa shape index (κ2) is 5.65. The van der Waals surface area contributed by atoms with Gasteiger partial charge in [0, 0.05) is 12.0 Å². The van der Waals surface area contributed by atoms with Gasteiger partial charge in [-0.05, 0) is 54.4 Å². The maximum absolute atomic E-state index is 13.0. The first-order chi connectivity index (χ1) is 9.10. The van der Waals surface area contributed by atoms with Crippen LogP contribution in [-0.4, -0.2) is 12.9 Å². The first-order valence-corrected chi connectivity index (χ1v) is 6.02. The molecule has 0 aliphatic heterocycles. The molecule has 2 aromatic carbocycles. The van der Waals surface area contributed by atoms with Crippen LogP contribution in [0.5, 0.6) is 5.75 Å². The molecule has 0 N–H and O–H groups in total. The van der Waals surface area contributed by atoms with Gasteiger partial charge in [0.25, 0.3) is 0 Å². The Bertz CT molecular complexity index is 588. The number of hydrogen-bond acceptors (Lipinski definition) is 2. The molecular formula is C16H15FO2. The van der Waals surface area contributed by atoms with Crippen LogP contribution in [0.15, 0.2) is 42.5 Å². The quantitative estimate of drug-likeness (QED) is 0.784. The summed E-state index contributed by atoms with van der Waals surface area (Å²) in [5, 5.41) is 0. The van der Waals surface area contributed by atoms with Gasteiger partial charge in [-0.15, -0.1) is 0 Å². The summed E-state index contributed by atoms with van der Waals surface area (Å²) in [6, 6.07) is 11.5. The summed E-state index contributed by atoms with van der Waals surface area (Å²) in [4.78, 5) is 12.1. The topological polar surface area (TPSA) is 26.3 Å². The second-order valence-electron chi connectivity index (χ2n) is 4.40. The summed E-state index contributed by atoms with van der Waals surface area (Å²) in [5.74, 6) is 0.449. The molecule has 0 saturated heterocycles. The first kappa shape index (κ1) is 13.3. The third kappa shape index (κ3) is 3.19. The van der Waals surface area contributed by atoms with Crippen molar-refractivity contribution in [2.75, 3.05) is 7.11 Å². The van der Waals surface area contributed by atoms with Crippen LogP contribution in [0.25, 0.3) is 0 Å². The Balaban J connectivity index is 2.15. The zero-order chi connectivity index (χ0) is 13.8. The summed E-state index contributed by atoms with van der Waals surface area (Å²) in [6.07, 6.45) is 0.276. The molecule has 0 amide bonds. The van der Waals surface area contributed by atoms with Gasteiger partial charge in [0.15, 0.2) is 5.78 Å². The van der Waals surface area contributed by atoms with E-state index in [-0.39, 0.29) is 18.0 Å². The van der Waals surface area contributed by atoms with Crippen molar-refractivity contribution in [3.8, 4) is 5.75 Å². The van der Waals surface area contributed by atoms with E-state index in [2.05, 4.69) is 0 Å². The lowest BCUT2D eigenvalue weighted by atomic mass is 9.99. The van der Waals surface area contributed by atoms with E-state index in [0.717, 1.165) is 16.9 Å². The van der Waals surface area contributed by atoms with Crippen LogP contribution < -0.4 is 4.74 Å². The van der Waals surface area contributed by atoms with Crippen LogP contribution >= 0.6 is 0 Å². The minimum atomic E-state index is -0.279. The van der Waals surface area contributed by atoms with Gasteiger partial charge in [0.1, 0.15) is 11.6 Å². The number of ketones is 1. The average Bonchev–Trinajstić information content (AvgIpc) is 2.42. The Kier molecular flexibility index (Phi) is 3.95. The highest BCUT2D eigenvalue weighted by atomic mass is 19.1. The van der Waals surface area contributed by atoms with Crippen molar-refractivity contribution in [3.05, 3.63) is 65.0 Å². The molecule has 2 nitrogen and oxygen atoms in total. The van der Waals surface area contributed by atoms with E-state index in [9.17, 15) is 9.18 Å². The molecule has 0 unspecified atom stereocenters. The summed E-state index contributed by atoms with van der Waals surface area (Å²) in [7, 11) is 1.58. The number of ether oxygens (including phenoxy) is 1. The molecule has 3 heteroatoms. The molecule has 0 bridgehead atoms.